The summed E-state index contributed by atoms with van der Waals surface area (Å²) in [6, 6.07) is 16.1. The number of thioether (sulfide) groups is 1. The molecule has 0 atom stereocenters. The van der Waals surface area contributed by atoms with E-state index in [9.17, 15) is 4.79 Å². The second-order valence-corrected chi connectivity index (χ2v) is 11.4. The highest BCUT2D eigenvalue weighted by Gasteiger charge is 2.12. The van der Waals surface area contributed by atoms with Gasteiger partial charge in [0, 0.05) is 17.9 Å². The van der Waals surface area contributed by atoms with Crippen LogP contribution in [0.3, 0.4) is 0 Å². The maximum Gasteiger partial charge on any atom is 0.228 e. The van der Waals surface area contributed by atoms with E-state index in [2.05, 4.69) is 41.6 Å². The van der Waals surface area contributed by atoms with E-state index in [1.807, 2.05) is 48.2 Å². The SMILES string of the molecule is CCCCCCCCCCCCCCOc1cccc(CC(=O)Nc2ccc(CN3CSC=C3C)cc2)c1. The third-order valence-corrected chi connectivity index (χ3v) is 8.09. The van der Waals surface area contributed by atoms with Crippen molar-refractivity contribution in [1.82, 2.24) is 4.90 Å². The molecular weight excluding hydrogens is 488 g/mol. The molecule has 1 N–H and O–H groups in total. The van der Waals surface area contributed by atoms with Gasteiger partial charge in [0.25, 0.3) is 0 Å². The lowest BCUT2D eigenvalue weighted by atomic mass is 10.1. The topological polar surface area (TPSA) is 41.6 Å². The molecule has 2 aromatic rings. The molecule has 0 saturated heterocycles. The van der Waals surface area contributed by atoms with Gasteiger partial charge < -0.3 is 15.0 Å². The minimum atomic E-state index is -0.00872. The van der Waals surface area contributed by atoms with Crippen LogP contribution in [0, 0.1) is 0 Å². The highest BCUT2D eigenvalue weighted by Crippen LogP contribution is 2.25. The van der Waals surface area contributed by atoms with Crippen molar-refractivity contribution in [1.29, 1.82) is 0 Å². The highest BCUT2D eigenvalue weighted by molar-refractivity contribution is 8.02. The number of allylic oxidation sites excluding steroid dienone is 1. The number of anilines is 1. The maximum atomic E-state index is 12.6. The third-order valence-electron chi connectivity index (χ3n) is 7.12. The van der Waals surface area contributed by atoms with Gasteiger partial charge >= 0.3 is 0 Å². The Morgan fingerprint density at radius 2 is 1.53 bits per heavy atom. The number of hydrogen-bond donors (Lipinski definition) is 1. The molecule has 38 heavy (non-hydrogen) atoms. The van der Waals surface area contributed by atoms with Gasteiger partial charge in [-0.15, -0.1) is 11.8 Å². The van der Waals surface area contributed by atoms with Crippen molar-refractivity contribution < 1.29 is 9.53 Å². The van der Waals surface area contributed by atoms with E-state index < -0.39 is 0 Å². The predicted molar refractivity (Wildman–Crippen MR) is 164 cm³/mol. The highest BCUT2D eigenvalue weighted by atomic mass is 32.2. The van der Waals surface area contributed by atoms with E-state index in [4.69, 9.17) is 4.74 Å². The van der Waals surface area contributed by atoms with Crippen LogP contribution in [0.4, 0.5) is 5.69 Å². The van der Waals surface area contributed by atoms with Gasteiger partial charge in [0.2, 0.25) is 5.91 Å². The van der Waals surface area contributed by atoms with Gasteiger partial charge in [0.05, 0.1) is 18.9 Å². The van der Waals surface area contributed by atoms with Gasteiger partial charge in [-0.05, 0) is 54.1 Å². The second kappa shape index (κ2) is 18.0. The molecule has 4 nitrogen and oxygen atoms in total. The average molecular weight is 537 g/mol. The molecule has 1 heterocycles. The fraction of sp³-hybridized carbons (Fsp3) is 0.545. The van der Waals surface area contributed by atoms with Crippen molar-refractivity contribution in [2.75, 3.05) is 17.8 Å². The summed E-state index contributed by atoms with van der Waals surface area (Å²) in [5.41, 5.74) is 4.37. The number of amides is 1. The smallest absolute Gasteiger partial charge is 0.228 e. The summed E-state index contributed by atoms with van der Waals surface area (Å²) >= 11 is 1.83. The van der Waals surface area contributed by atoms with Gasteiger partial charge in [-0.3, -0.25) is 4.79 Å². The van der Waals surface area contributed by atoms with Gasteiger partial charge in [0.15, 0.2) is 0 Å². The Bertz CT molecular complexity index is 973. The molecule has 1 aliphatic heterocycles. The zero-order valence-electron chi connectivity index (χ0n) is 23.7. The van der Waals surface area contributed by atoms with Crippen molar-refractivity contribution in [3.63, 3.8) is 0 Å². The van der Waals surface area contributed by atoms with Crippen LogP contribution in [-0.4, -0.2) is 23.3 Å². The number of rotatable bonds is 19. The first-order valence-corrected chi connectivity index (χ1v) is 15.8. The Balaban J connectivity index is 1.26. The number of benzene rings is 2. The largest absolute Gasteiger partial charge is 0.494 e. The lowest BCUT2D eigenvalue weighted by molar-refractivity contribution is -0.115. The van der Waals surface area contributed by atoms with Crippen LogP contribution in [-0.2, 0) is 17.8 Å². The normalized spacial score (nSPS) is 13.0. The van der Waals surface area contributed by atoms with Crippen molar-refractivity contribution in [3.05, 3.63) is 70.8 Å². The van der Waals surface area contributed by atoms with Gasteiger partial charge in [0.1, 0.15) is 5.75 Å². The molecule has 0 saturated carbocycles. The van der Waals surface area contributed by atoms with Gasteiger partial charge in [-0.25, -0.2) is 0 Å². The van der Waals surface area contributed by atoms with E-state index >= 15 is 0 Å². The number of nitrogens with one attached hydrogen (secondary N) is 1. The Kier molecular flexibility index (Phi) is 14.3. The first-order valence-electron chi connectivity index (χ1n) is 14.8. The van der Waals surface area contributed by atoms with Gasteiger partial charge in [-0.2, -0.15) is 0 Å². The molecule has 0 spiro atoms. The average Bonchev–Trinajstić information content (AvgIpc) is 3.32. The zero-order chi connectivity index (χ0) is 26.8. The van der Waals surface area contributed by atoms with Crippen molar-refractivity contribution >= 4 is 23.4 Å². The van der Waals surface area contributed by atoms with E-state index in [1.165, 1.54) is 81.9 Å². The molecule has 0 radical (unpaired) electrons. The number of nitrogens with zero attached hydrogens (tertiary/aromatic N) is 1. The van der Waals surface area contributed by atoms with Crippen molar-refractivity contribution in [3.8, 4) is 5.75 Å². The third kappa shape index (κ3) is 12.0. The van der Waals surface area contributed by atoms with E-state index in [-0.39, 0.29) is 5.91 Å². The van der Waals surface area contributed by atoms with Crippen LogP contribution >= 0.6 is 11.8 Å². The molecule has 0 bridgehead atoms. The lowest BCUT2D eigenvalue weighted by Gasteiger charge is -2.19. The number of carbonyl (C=O) groups is 1. The summed E-state index contributed by atoms with van der Waals surface area (Å²) in [5, 5.41) is 5.23. The van der Waals surface area contributed by atoms with E-state index in [1.54, 1.807) is 0 Å². The fourth-order valence-corrected chi connectivity index (χ4v) is 5.72. The van der Waals surface area contributed by atoms with E-state index in [0.29, 0.717) is 6.42 Å². The maximum absolute atomic E-state index is 12.6. The molecule has 1 amide bonds. The summed E-state index contributed by atoms with van der Waals surface area (Å²) in [6.45, 7) is 6.06. The molecular formula is C33H48N2O2S. The molecule has 208 valence electrons. The standard InChI is InChI=1S/C33H48N2O2S/c1-3-4-5-6-7-8-9-10-11-12-13-14-22-37-32-17-15-16-30(23-32)24-33(36)34-31-20-18-29(19-21-31)25-35-27-38-26-28(35)2/h15-21,23,26H,3-14,22,24-25,27H2,1-2H3,(H,34,36). The van der Waals surface area contributed by atoms with Crippen molar-refractivity contribution in [2.24, 2.45) is 0 Å². The number of carbonyl (C=O) groups excluding carboxylic acids is 1. The second-order valence-electron chi connectivity index (χ2n) is 10.6. The molecule has 0 aliphatic carbocycles. The number of hydrogen-bond acceptors (Lipinski definition) is 4. The van der Waals surface area contributed by atoms with Crippen molar-refractivity contribution in [2.45, 2.75) is 104 Å². The molecule has 1 aliphatic rings. The first kappa shape index (κ1) is 30.1. The Morgan fingerprint density at radius 1 is 0.868 bits per heavy atom. The van der Waals surface area contributed by atoms with Crippen LogP contribution in [0.25, 0.3) is 0 Å². The zero-order valence-corrected chi connectivity index (χ0v) is 24.5. The minimum absolute atomic E-state index is 0.00872. The fourth-order valence-electron chi connectivity index (χ4n) is 4.78. The summed E-state index contributed by atoms with van der Waals surface area (Å²) in [4.78, 5) is 15.0. The monoisotopic (exact) mass is 536 g/mol. The Labute approximate surface area is 235 Å². The van der Waals surface area contributed by atoms with Crippen LogP contribution in [0.2, 0.25) is 0 Å². The molecule has 3 rings (SSSR count). The van der Waals surface area contributed by atoms with Crippen LogP contribution < -0.4 is 10.1 Å². The molecule has 2 aromatic carbocycles. The van der Waals surface area contributed by atoms with Crippen LogP contribution in [0.1, 0.15) is 102 Å². The molecule has 0 aromatic heterocycles. The summed E-state index contributed by atoms with van der Waals surface area (Å²) in [7, 11) is 0. The van der Waals surface area contributed by atoms with Crippen LogP contribution in [0.15, 0.2) is 59.6 Å². The minimum Gasteiger partial charge on any atom is -0.494 e. The molecule has 0 fully saturated rings. The summed E-state index contributed by atoms with van der Waals surface area (Å²) in [5.74, 6) is 1.85. The molecule has 5 heteroatoms. The molecule has 0 unspecified atom stereocenters. The number of ether oxygens (including phenoxy) is 1. The lowest BCUT2D eigenvalue weighted by Crippen LogP contribution is -2.17. The quantitative estimate of drug-likeness (QED) is 0.182. The first-order chi connectivity index (χ1) is 18.6. The predicted octanol–water partition coefficient (Wildman–Crippen LogP) is 9.32. The van der Waals surface area contributed by atoms with E-state index in [0.717, 1.165) is 42.4 Å². The summed E-state index contributed by atoms with van der Waals surface area (Å²) < 4.78 is 5.97. The Morgan fingerprint density at radius 3 is 2.16 bits per heavy atom. The summed E-state index contributed by atoms with van der Waals surface area (Å²) in [6.07, 6.45) is 16.4. The number of unbranched alkanes of at least 4 members (excludes halogenated alkanes) is 11. The van der Waals surface area contributed by atoms with Gasteiger partial charge in [-0.1, -0.05) is 102 Å². The van der Waals surface area contributed by atoms with Crippen LogP contribution in [0.5, 0.6) is 5.75 Å². The Hall–Kier alpha value is -2.40.